The summed E-state index contributed by atoms with van der Waals surface area (Å²) in [5.41, 5.74) is 0. The van der Waals surface area contributed by atoms with E-state index in [-0.39, 0.29) is 0 Å². The summed E-state index contributed by atoms with van der Waals surface area (Å²) in [4.78, 5) is 0. The molecule has 0 fully saturated rings. The zero-order valence-electron chi connectivity index (χ0n) is 4.10. The molecule has 1 heterocycles. The average molecular weight is 209 g/mol. The Kier molecular flexibility index (Phi) is 2.12. The van der Waals surface area contributed by atoms with E-state index in [0.29, 0.717) is 0 Å². The fourth-order valence-electron chi connectivity index (χ4n) is 0.613. The van der Waals surface area contributed by atoms with Gasteiger partial charge in [0.1, 0.15) is 0 Å². The van der Waals surface area contributed by atoms with Gasteiger partial charge in [0.05, 0.1) is 0 Å². The van der Waals surface area contributed by atoms with Gasteiger partial charge >= 0.3 is 0 Å². The lowest BCUT2D eigenvalue weighted by Crippen LogP contribution is -2.14. The van der Waals surface area contributed by atoms with Crippen LogP contribution < -0.4 is 0 Å². The molecule has 0 bridgehead atoms. The van der Waals surface area contributed by atoms with Crippen LogP contribution >= 0.6 is 22.9 Å². The second-order valence-electron chi connectivity index (χ2n) is 1.63. The van der Waals surface area contributed by atoms with E-state index in [1.54, 1.807) is 0 Å². The Morgan fingerprint density at radius 1 is 1.43 bits per heavy atom. The van der Waals surface area contributed by atoms with Gasteiger partial charge in [-0.25, -0.2) is 3.11 Å². The summed E-state index contributed by atoms with van der Waals surface area (Å²) in [6.45, 7) is 2.34. The molecule has 0 radical (unpaired) electrons. The zero-order valence-corrected chi connectivity index (χ0v) is 6.26. The molecule has 0 amide bonds. The Morgan fingerprint density at radius 2 is 2.29 bits per heavy atom. The Hall–Kier alpha value is 0.430. The molecule has 0 atom stereocenters. The Labute approximate surface area is 57.9 Å². The van der Waals surface area contributed by atoms with Crippen molar-refractivity contribution < 1.29 is 0 Å². The van der Waals surface area contributed by atoms with E-state index >= 15 is 0 Å². The van der Waals surface area contributed by atoms with Crippen LogP contribution in [0, 0.1) is 0 Å². The molecule has 0 aromatic rings. The molecule has 0 spiro atoms. The van der Waals surface area contributed by atoms with Gasteiger partial charge in [0.15, 0.2) is 0 Å². The fraction of sp³-hybridized carbons (Fsp3) is 0.600. The van der Waals surface area contributed by atoms with Crippen molar-refractivity contribution in [2.75, 3.05) is 13.1 Å². The van der Waals surface area contributed by atoms with Crippen molar-refractivity contribution in [2.45, 2.75) is 6.42 Å². The molecule has 1 aliphatic heterocycles. The van der Waals surface area contributed by atoms with Crippen LogP contribution in [0.15, 0.2) is 12.2 Å². The molecule has 0 N–H and O–H groups in total. The van der Waals surface area contributed by atoms with E-state index in [2.05, 4.69) is 38.1 Å². The molecule has 2 heteroatoms. The summed E-state index contributed by atoms with van der Waals surface area (Å²) in [5, 5.41) is 0. The van der Waals surface area contributed by atoms with Crippen molar-refractivity contribution in [3.8, 4) is 0 Å². The van der Waals surface area contributed by atoms with Crippen molar-refractivity contribution >= 4 is 22.9 Å². The van der Waals surface area contributed by atoms with Crippen molar-refractivity contribution in [2.24, 2.45) is 0 Å². The van der Waals surface area contributed by atoms with E-state index in [1.807, 2.05) is 0 Å². The standard InChI is InChI=1S/C5H8IN/c6-7-4-2-1-3-5-7/h1-2H,3-5H2. The van der Waals surface area contributed by atoms with Crippen LogP contribution in [-0.4, -0.2) is 16.2 Å². The summed E-state index contributed by atoms with van der Waals surface area (Å²) in [6, 6.07) is 0. The van der Waals surface area contributed by atoms with Crippen LogP contribution in [-0.2, 0) is 0 Å². The molecule has 0 unspecified atom stereocenters. The Morgan fingerprint density at radius 3 is 2.57 bits per heavy atom. The minimum Gasteiger partial charge on any atom is -0.243 e. The van der Waals surface area contributed by atoms with Gasteiger partial charge in [-0.1, -0.05) is 12.2 Å². The highest BCUT2D eigenvalue weighted by atomic mass is 127. The molecular formula is C5H8IN. The first-order chi connectivity index (χ1) is 3.39. The normalized spacial score (nSPS) is 23.0. The van der Waals surface area contributed by atoms with Gasteiger partial charge in [0.25, 0.3) is 0 Å². The summed E-state index contributed by atoms with van der Waals surface area (Å²) in [6.07, 6.45) is 5.66. The SMILES string of the molecule is IN1CC=CCC1. The molecule has 0 saturated carbocycles. The van der Waals surface area contributed by atoms with E-state index in [9.17, 15) is 0 Å². The fourth-order valence-corrected chi connectivity index (χ4v) is 1.12. The predicted molar refractivity (Wildman–Crippen MR) is 39.4 cm³/mol. The first-order valence-corrected chi connectivity index (χ1v) is 3.42. The highest BCUT2D eigenvalue weighted by Gasteiger charge is 1.97. The highest BCUT2D eigenvalue weighted by Crippen LogP contribution is 2.04. The van der Waals surface area contributed by atoms with Crippen molar-refractivity contribution in [3.05, 3.63) is 12.2 Å². The summed E-state index contributed by atoms with van der Waals surface area (Å²) in [5.74, 6) is 0. The Bertz CT molecular complexity index is 80.1. The second-order valence-corrected chi connectivity index (χ2v) is 2.99. The van der Waals surface area contributed by atoms with E-state index in [4.69, 9.17) is 0 Å². The maximum atomic E-state index is 2.34. The number of halogens is 1. The van der Waals surface area contributed by atoms with Gasteiger partial charge in [0.2, 0.25) is 0 Å². The Balaban J connectivity index is 2.32. The van der Waals surface area contributed by atoms with Crippen LogP contribution in [0.1, 0.15) is 6.42 Å². The molecule has 1 rings (SSSR count). The molecule has 1 aliphatic rings. The zero-order chi connectivity index (χ0) is 5.11. The number of nitrogens with zero attached hydrogens (tertiary/aromatic N) is 1. The molecule has 40 valence electrons. The lowest BCUT2D eigenvalue weighted by atomic mass is 10.3. The third-order valence-corrected chi connectivity index (χ3v) is 1.88. The van der Waals surface area contributed by atoms with Crippen LogP contribution in [0.25, 0.3) is 0 Å². The number of hydrogen-bond donors (Lipinski definition) is 0. The molecule has 0 saturated heterocycles. The first kappa shape index (κ1) is 5.56. The van der Waals surface area contributed by atoms with E-state index in [1.165, 1.54) is 13.0 Å². The summed E-state index contributed by atoms with van der Waals surface area (Å²) >= 11 is 2.34. The monoisotopic (exact) mass is 209 g/mol. The molecule has 7 heavy (non-hydrogen) atoms. The average Bonchev–Trinajstić information content (AvgIpc) is 1.69. The van der Waals surface area contributed by atoms with Gasteiger partial charge in [-0.2, -0.15) is 0 Å². The summed E-state index contributed by atoms with van der Waals surface area (Å²) in [7, 11) is 0. The van der Waals surface area contributed by atoms with Gasteiger partial charge < -0.3 is 0 Å². The summed E-state index contributed by atoms with van der Waals surface area (Å²) < 4.78 is 2.28. The minimum absolute atomic E-state index is 1.13. The molecule has 0 aromatic heterocycles. The van der Waals surface area contributed by atoms with Crippen LogP contribution in [0.5, 0.6) is 0 Å². The lowest BCUT2D eigenvalue weighted by Gasteiger charge is -2.13. The van der Waals surface area contributed by atoms with Crippen molar-refractivity contribution in [1.82, 2.24) is 3.11 Å². The lowest BCUT2D eigenvalue weighted by molar-refractivity contribution is 0.550. The maximum absolute atomic E-state index is 2.34. The smallest absolute Gasteiger partial charge is 0.0262 e. The molecule has 0 aliphatic carbocycles. The molecular weight excluding hydrogens is 201 g/mol. The minimum atomic E-state index is 1.13. The largest absolute Gasteiger partial charge is 0.243 e. The topological polar surface area (TPSA) is 3.24 Å². The van der Waals surface area contributed by atoms with Crippen molar-refractivity contribution in [1.29, 1.82) is 0 Å². The van der Waals surface area contributed by atoms with Gasteiger partial charge in [0, 0.05) is 36.0 Å². The third kappa shape index (κ3) is 1.78. The second kappa shape index (κ2) is 2.67. The number of hydrogen-bond acceptors (Lipinski definition) is 1. The third-order valence-electron chi connectivity index (χ3n) is 1.01. The highest BCUT2D eigenvalue weighted by molar-refractivity contribution is 14.1. The molecule has 1 nitrogen and oxygen atoms in total. The van der Waals surface area contributed by atoms with Gasteiger partial charge in [-0.15, -0.1) is 0 Å². The van der Waals surface area contributed by atoms with E-state index in [0.717, 1.165) is 6.54 Å². The first-order valence-electron chi connectivity index (χ1n) is 2.45. The van der Waals surface area contributed by atoms with Gasteiger partial charge in [-0.3, -0.25) is 0 Å². The molecule has 0 aromatic carbocycles. The van der Waals surface area contributed by atoms with Crippen molar-refractivity contribution in [3.63, 3.8) is 0 Å². The van der Waals surface area contributed by atoms with Crippen LogP contribution in [0.2, 0.25) is 0 Å². The van der Waals surface area contributed by atoms with E-state index < -0.39 is 0 Å². The maximum Gasteiger partial charge on any atom is 0.0262 e. The van der Waals surface area contributed by atoms with Crippen LogP contribution in [0.4, 0.5) is 0 Å². The number of rotatable bonds is 0. The van der Waals surface area contributed by atoms with Gasteiger partial charge in [-0.05, 0) is 6.42 Å². The quantitative estimate of drug-likeness (QED) is 0.332. The predicted octanol–water partition coefficient (Wildman–Crippen LogP) is 1.60. The van der Waals surface area contributed by atoms with Crippen LogP contribution in [0.3, 0.4) is 0 Å².